The summed E-state index contributed by atoms with van der Waals surface area (Å²) in [6.45, 7) is 2.62. The topological polar surface area (TPSA) is 70.7 Å². The van der Waals surface area contributed by atoms with Gasteiger partial charge in [-0.05, 0) is 32.2 Å². The van der Waals surface area contributed by atoms with E-state index in [2.05, 4.69) is 10.6 Å². The monoisotopic (exact) mass is 283 g/mol. The number of nitrogens with zero attached hydrogens (tertiary/aromatic N) is 1. The number of hydrogen-bond donors (Lipinski definition) is 2. The molecule has 2 amide bonds. The molecule has 0 aliphatic carbocycles. The highest BCUT2D eigenvalue weighted by molar-refractivity contribution is 5.78. The Bertz CT molecular complexity index is 335. The number of likely N-dealkylation sites (tertiary alicyclic amines) is 1. The average Bonchev–Trinajstić information content (AvgIpc) is 2.92. The summed E-state index contributed by atoms with van der Waals surface area (Å²) >= 11 is 0. The Kier molecular flexibility index (Phi) is 5.79. The smallest absolute Gasteiger partial charge is 0.246 e. The lowest BCUT2D eigenvalue weighted by Crippen LogP contribution is -2.48. The molecular formula is C14H25N3O3. The fourth-order valence-corrected chi connectivity index (χ4v) is 2.94. The zero-order valence-electron chi connectivity index (χ0n) is 12.2. The first-order chi connectivity index (χ1) is 9.69. The second kappa shape index (κ2) is 7.59. The minimum atomic E-state index is -0.0765. The summed E-state index contributed by atoms with van der Waals surface area (Å²) in [5, 5.41) is 6.30. The van der Waals surface area contributed by atoms with E-state index < -0.39 is 0 Å². The molecule has 6 heteroatoms. The van der Waals surface area contributed by atoms with Crippen molar-refractivity contribution >= 4 is 11.8 Å². The molecule has 20 heavy (non-hydrogen) atoms. The van der Waals surface area contributed by atoms with Crippen LogP contribution in [0, 0.1) is 0 Å². The van der Waals surface area contributed by atoms with Crippen molar-refractivity contribution < 1.29 is 14.3 Å². The van der Waals surface area contributed by atoms with Crippen molar-refractivity contribution in [3.05, 3.63) is 0 Å². The van der Waals surface area contributed by atoms with Crippen molar-refractivity contribution in [2.45, 2.75) is 44.2 Å². The van der Waals surface area contributed by atoms with Gasteiger partial charge in [-0.1, -0.05) is 0 Å². The van der Waals surface area contributed by atoms with Crippen LogP contribution in [0.4, 0.5) is 0 Å². The minimum Gasteiger partial charge on any atom is -0.375 e. The molecule has 2 aliphatic rings. The third-order valence-electron chi connectivity index (χ3n) is 4.07. The minimum absolute atomic E-state index is 0.0765. The Hall–Kier alpha value is -1.14. The van der Waals surface area contributed by atoms with Gasteiger partial charge in [0.2, 0.25) is 11.8 Å². The lowest BCUT2D eigenvalue weighted by Gasteiger charge is -2.33. The molecule has 114 valence electrons. The van der Waals surface area contributed by atoms with E-state index in [9.17, 15) is 9.59 Å². The van der Waals surface area contributed by atoms with Gasteiger partial charge in [-0.25, -0.2) is 0 Å². The van der Waals surface area contributed by atoms with Crippen molar-refractivity contribution in [3.63, 3.8) is 0 Å². The zero-order chi connectivity index (χ0) is 14.4. The largest absolute Gasteiger partial charge is 0.375 e. The zero-order valence-corrected chi connectivity index (χ0v) is 12.2. The summed E-state index contributed by atoms with van der Waals surface area (Å²) in [7, 11) is 1.51. The Balaban J connectivity index is 1.67. The van der Waals surface area contributed by atoms with Gasteiger partial charge < -0.3 is 20.3 Å². The average molecular weight is 283 g/mol. The van der Waals surface area contributed by atoms with Gasteiger partial charge in [0, 0.05) is 38.7 Å². The lowest BCUT2D eigenvalue weighted by atomic mass is 10.0. The van der Waals surface area contributed by atoms with Crippen molar-refractivity contribution in [3.8, 4) is 0 Å². The molecule has 2 fully saturated rings. The fraction of sp³-hybridized carbons (Fsp3) is 0.857. The first-order valence-electron chi connectivity index (χ1n) is 7.48. The van der Waals surface area contributed by atoms with E-state index in [4.69, 9.17) is 4.74 Å². The second-order valence-electron chi connectivity index (χ2n) is 5.65. The van der Waals surface area contributed by atoms with Gasteiger partial charge in [-0.2, -0.15) is 0 Å². The molecule has 1 unspecified atom stereocenters. The Labute approximate surface area is 120 Å². The molecule has 2 N–H and O–H groups in total. The van der Waals surface area contributed by atoms with Crippen LogP contribution in [-0.2, 0) is 14.3 Å². The van der Waals surface area contributed by atoms with E-state index >= 15 is 0 Å². The Morgan fingerprint density at radius 1 is 1.30 bits per heavy atom. The van der Waals surface area contributed by atoms with Gasteiger partial charge >= 0.3 is 0 Å². The highest BCUT2D eigenvalue weighted by Crippen LogP contribution is 2.15. The van der Waals surface area contributed by atoms with Gasteiger partial charge in [0.1, 0.15) is 6.61 Å². The molecular weight excluding hydrogens is 258 g/mol. The van der Waals surface area contributed by atoms with E-state index in [0.29, 0.717) is 12.5 Å². The SMILES string of the molecule is COCC(=O)NC1CCN(C(=O)CC2CCCN2)CC1. The molecule has 2 saturated heterocycles. The number of piperidine rings is 1. The van der Waals surface area contributed by atoms with Crippen molar-refractivity contribution in [2.75, 3.05) is 33.4 Å². The molecule has 0 aromatic rings. The molecule has 6 nitrogen and oxygen atoms in total. The van der Waals surface area contributed by atoms with Gasteiger partial charge in [0.15, 0.2) is 0 Å². The molecule has 0 spiro atoms. The number of hydrogen-bond acceptors (Lipinski definition) is 4. The molecule has 0 saturated carbocycles. The molecule has 0 bridgehead atoms. The maximum Gasteiger partial charge on any atom is 0.246 e. The number of carbonyl (C=O) groups is 2. The third-order valence-corrected chi connectivity index (χ3v) is 4.07. The van der Waals surface area contributed by atoms with Crippen LogP contribution in [0.2, 0.25) is 0 Å². The van der Waals surface area contributed by atoms with E-state index in [-0.39, 0.29) is 24.5 Å². The van der Waals surface area contributed by atoms with Crippen molar-refractivity contribution in [1.82, 2.24) is 15.5 Å². The Morgan fingerprint density at radius 2 is 2.05 bits per heavy atom. The molecule has 2 heterocycles. The third kappa shape index (κ3) is 4.45. The quantitative estimate of drug-likeness (QED) is 0.738. The van der Waals surface area contributed by atoms with Crippen LogP contribution in [0.3, 0.4) is 0 Å². The highest BCUT2D eigenvalue weighted by atomic mass is 16.5. The van der Waals surface area contributed by atoms with E-state index in [1.165, 1.54) is 13.5 Å². The van der Waals surface area contributed by atoms with Gasteiger partial charge in [-0.3, -0.25) is 9.59 Å². The summed E-state index contributed by atoms with van der Waals surface area (Å²) in [5.74, 6) is 0.165. The number of amides is 2. The number of rotatable bonds is 5. The molecule has 1 atom stereocenters. The molecule has 0 radical (unpaired) electrons. The summed E-state index contributed by atoms with van der Waals surface area (Å²) < 4.78 is 4.80. The first kappa shape index (κ1) is 15.3. The van der Waals surface area contributed by atoms with Crippen LogP contribution in [0.25, 0.3) is 0 Å². The predicted octanol–water partition coefficient (Wildman–Crippen LogP) is -0.118. The van der Waals surface area contributed by atoms with Gasteiger partial charge in [0.25, 0.3) is 0 Å². The summed E-state index contributed by atoms with van der Waals surface area (Å²) in [5.41, 5.74) is 0. The van der Waals surface area contributed by atoms with E-state index in [1.54, 1.807) is 0 Å². The van der Waals surface area contributed by atoms with Crippen LogP contribution >= 0.6 is 0 Å². The summed E-state index contributed by atoms with van der Waals surface area (Å²) in [6.07, 6.45) is 4.56. The molecule has 0 aromatic carbocycles. The molecule has 2 rings (SSSR count). The number of nitrogens with one attached hydrogen (secondary N) is 2. The van der Waals surface area contributed by atoms with Crippen LogP contribution in [0.15, 0.2) is 0 Å². The fourth-order valence-electron chi connectivity index (χ4n) is 2.94. The van der Waals surface area contributed by atoms with Crippen LogP contribution < -0.4 is 10.6 Å². The standard InChI is InChI=1S/C14H25N3O3/c1-20-10-13(18)16-11-4-7-17(8-5-11)14(19)9-12-3-2-6-15-12/h11-12,15H,2-10H2,1H3,(H,16,18). The molecule has 0 aromatic heterocycles. The normalized spacial score (nSPS) is 23.9. The second-order valence-corrected chi connectivity index (χ2v) is 5.65. The lowest BCUT2D eigenvalue weighted by molar-refractivity contribution is -0.133. The van der Waals surface area contributed by atoms with Gasteiger partial charge in [-0.15, -0.1) is 0 Å². The highest BCUT2D eigenvalue weighted by Gasteiger charge is 2.26. The first-order valence-corrected chi connectivity index (χ1v) is 7.48. The maximum absolute atomic E-state index is 12.2. The molecule has 2 aliphatic heterocycles. The van der Waals surface area contributed by atoms with Crippen LogP contribution in [-0.4, -0.2) is 62.1 Å². The Morgan fingerprint density at radius 3 is 2.65 bits per heavy atom. The van der Waals surface area contributed by atoms with Crippen LogP contribution in [0.5, 0.6) is 0 Å². The number of carbonyl (C=O) groups excluding carboxylic acids is 2. The van der Waals surface area contributed by atoms with Crippen molar-refractivity contribution in [1.29, 1.82) is 0 Å². The number of ether oxygens (including phenoxy) is 1. The maximum atomic E-state index is 12.2. The van der Waals surface area contributed by atoms with Crippen LogP contribution in [0.1, 0.15) is 32.1 Å². The van der Waals surface area contributed by atoms with Gasteiger partial charge in [0.05, 0.1) is 0 Å². The van der Waals surface area contributed by atoms with E-state index in [0.717, 1.165) is 38.9 Å². The predicted molar refractivity (Wildman–Crippen MR) is 75.3 cm³/mol. The number of methoxy groups -OCH3 is 1. The summed E-state index contributed by atoms with van der Waals surface area (Å²) in [4.78, 5) is 25.5. The summed E-state index contributed by atoms with van der Waals surface area (Å²) in [6, 6.07) is 0.535. The van der Waals surface area contributed by atoms with Crippen molar-refractivity contribution in [2.24, 2.45) is 0 Å². The van der Waals surface area contributed by atoms with E-state index in [1.807, 2.05) is 4.90 Å².